The Labute approximate surface area is 140 Å². The Bertz CT molecular complexity index is 427. The first-order valence-corrected chi connectivity index (χ1v) is 8.68. The van der Waals surface area contributed by atoms with E-state index >= 15 is 0 Å². The van der Waals surface area contributed by atoms with Crippen molar-refractivity contribution in [2.75, 3.05) is 26.9 Å². The van der Waals surface area contributed by atoms with Crippen LogP contribution in [0.4, 0.5) is 4.79 Å². The molecule has 1 amide bonds. The van der Waals surface area contributed by atoms with Crippen LogP contribution in [0.5, 0.6) is 0 Å². The summed E-state index contributed by atoms with van der Waals surface area (Å²) in [7, 11) is 1.68. The van der Waals surface area contributed by atoms with Crippen molar-refractivity contribution < 1.29 is 19.0 Å². The molecule has 5 heteroatoms. The van der Waals surface area contributed by atoms with Gasteiger partial charge in [0.2, 0.25) is 0 Å². The molecule has 2 heterocycles. The molecule has 1 saturated heterocycles. The van der Waals surface area contributed by atoms with Crippen LogP contribution in [0, 0.1) is 0 Å². The van der Waals surface area contributed by atoms with Gasteiger partial charge < -0.3 is 14.2 Å². The highest BCUT2D eigenvalue weighted by atomic mass is 16.6. The zero-order chi connectivity index (χ0) is 16.9. The van der Waals surface area contributed by atoms with Gasteiger partial charge in [0.1, 0.15) is 5.60 Å². The number of rotatable bonds is 7. The highest BCUT2D eigenvalue weighted by molar-refractivity contribution is 5.70. The number of nitrogens with zero attached hydrogens (tertiary/aromatic N) is 1. The first-order chi connectivity index (χ1) is 10.9. The van der Waals surface area contributed by atoms with Gasteiger partial charge in [-0.25, -0.2) is 4.79 Å². The number of methoxy groups -OCH3 is 1. The normalized spacial score (nSPS) is 23.8. The summed E-state index contributed by atoms with van der Waals surface area (Å²) < 4.78 is 16.0. The van der Waals surface area contributed by atoms with Crippen LogP contribution in [-0.4, -0.2) is 55.6 Å². The minimum Gasteiger partial charge on any atom is -0.444 e. The molecule has 2 aliphatic rings. The van der Waals surface area contributed by atoms with Crippen LogP contribution in [0.25, 0.3) is 0 Å². The summed E-state index contributed by atoms with van der Waals surface area (Å²) >= 11 is 0. The van der Waals surface area contributed by atoms with E-state index in [1.807, 2.05) is 25.7 Å². The molecular formula is C18H31NO4. The van der Waals surface area contributed by atoms with Crippen LogP contribution in [0.3, 0.4) is 0 Å². The molecule has 0 N–H and O–H groups in total. The number of ether oxygens (including phenoxy) is 3. The maximum atomic E-state index is 12.4. The lowest BCUT2D eigenvalue weighted by Crippen LogP contribution is -2.45. The molecule has 2 rings (SSSR count). The van der Waals surface area contributed by atoms with Gasteiger partial charge in [-0.15, -0.1) is 0 Å². The Morgan fingerprint density at radius 1 is 1.26 bits per heavy atom. The van der Waals surface area contributed by atoms with E-state index < -0.39 is 5.60 Å². The fraction of sp³-hybridized carbons (Fsp3) is 0.833. The maximum absolute atomic E-state index is 12.4. The molecule has 0 radical (unpaired) electrons. The minimum atomic E-state index is -0.430. The van der Waals surface area contributed by atoms with E-state index in [-0.39, 0.29) is 12.1 Å². The molecule has 5 nitrogen and oxygen atoms in total. The first-order valence-electron chi connectivity index (χ1n) is 8.68. The Morgan fingerprint density at radius 2 is 2.04 bits per heavy atom. The van der Waals surface area contributed by atoms with Gasteiger partial charge in [0, 0.05) is 19.8 Å². The van der Waals surface area contributed by atoms with Crippen molar-refractivity contribution in [2.45, 2.75) is 70.6 Å². The van der Waals surface area contributed by atoms with Gasteiger partial charge in [-0.3, -0.25) is 4.90 Å². The first kappa shape index (κ1) is 18.3. The van der Waals surface area contributed by atoms with Crippen molar-refractivity contribution in [3.63, 3.8) is 0 Å². The van der Waals surface area contributed by atoms with E-state index in [4.69, 9.17) is 14.2 Å². The average Bonchev–Trinajstić information content (AvgIpc) is 2.72. The number of carbonyl (C=O) groups excluding carboxylic acids is 1. The van der Waals surface area contributed by atoms with Gasteiger partial charge >= 0.3 is 6.09 Å². The molecule has 0 aliphatic carbocycles. The van der Waals surface area contributed by atoms with E-state index in [0.29, 0.717) is 19.3 Å². The second-order valence-electron chi connectivity index (χ2n) is 7.42. The van der Waals surface area contributed by atoms with E-state index in [9.17, 15) is 4.79 Å². The zero-order valence-electron chi connectivity index (χ0n) is 15.0. The maximum Gasteiger partial charge on any atom is 0.411 e. The van der Waals surface area contributed by atoms with Crippen LogP contribution < -0.4 is 0 Å². The van der Waals surface area contributed by atoms with Crippen LogP contribution in [0.2, 0.25) is 0 Å². The minimum absolute atomic E-state index is 0.164. The SMILES string of the molecule is COCCOCCCC1=CC2CCC(C1)N2C(=O)OC(C)(C)C. The molecule has 1 fully saturated rings. The Balaban J connectivity index is 1.80. The van der Waals surface area contributed by atoms with Gasteiger partial charge in [0.25, 0.3) is 0 Å². The third-order valence-corrected chi connectivity index (χ3v) is 4.29. The van der Waals surface area contributed by atoms with Crippen molar-refractivity contribution >= 4 is 6.09 Å². The lowest BCUT2D eigenvalue weighted by molar-refractivity contribution is 0.0165. The van der Waals surface area contributed by atoms with Crippen LogP contribution >= 0.6 is 0 Å². The number of fused-ring (bicyclic) bond motifs is 2. The zero-order valence-corrected chi connectivity index (χ0v) is 15.0. The molecule has 0 aromatic heterocycles. The van der Waals surface area contributed by atoms with Crippen LogP contribution in [0.1, 0.15) is 52.9 Å². The van der Waals surface area contributed by atoms with Crippen molar-refractivity contribution in [1.29, 1.82) is 0 Å². The molecule has 0 saturated carbocycles. The number of hydrogen-bond acceptors (Lipinski definition) is 4. The molecule has 2 unspecified atom stereocenters. The van der Waals surface area contributed by atoms with Crippen molar-refractivity contribution in [3.05, 3.63) is 11.6 Å². The van der Waals surface area contributed by atoms with Gasteiger partial charge in [-0.05, 0) is 52.9 Å². The van der Waals surface area contributed by atoms with Crippen molar-refractivity contribution in [1.82, 2.24) is 4.90 Å². The van der Waals surface area contributed by atoms with Crippen molar-refractivity contribution in [2.24, 2.45) is 0 Å². The largest absolute Gasteiger partial charge is 0.444 e. The monoisotopic (exact) mass is 325 g/mol. The van der Waals surface area contributed by atoms with E-state index in [2.05, 4.69) is 6.08 Å². The number of hydrogen-bond donors (Lipinski definition) is 0. The molecule has 2 aliphatic heterocycles. The van der Waals surface area contributed by atoms with Gasteiger partial charge in [-0.2, -0.15) is 0 Å². The van der Waals surface area contributed by atoms with E-state index in [0.717, 1.165) is 38.7 Å². The standard InChI is InChI=1S/C18H31NO4/c1-18(2,3)23-17(20)19-15-7-8-16(19)13-14(12-15)6-5-9-22-11-10-21-4/h12,15-16H,5-11,13H2,1-4H3. The van der Waals surface area contributed by atoms with Gasteiger partial charge in [0.15, 0.2) is 0 Å². The molecule has 2 atom stereocenters. The van der Waals surface area contributed by atoms with Gasteiger partial charge in [-0.1, -0.05) is 11.6 Å². The summed E-state index contributed by atoms with van der Waals surface area (Å²) in [4.78, 5) is 14.3. The molecule has 0 aromatic rings. The van der Waals surface area contributed by atoms with E-state index in [1.54, 1.807) is 7.11 Å². The molecule has 0 aromatic carbocycles. The van der Waals surface area contributed by atoms with Crippen molar-refractivity contribution in [3.8, 4) is 0 Å². The molecule has 23 heavy (non-hydrogen) atoms. The van der Waals surface area contributed by atoms with E-state index in [1.165, 1.54) is 5.57 Å². The predicted molar refractivity (Wildman–Crippen MR) is 89.5 cm³/mol. The third-order valence-electron chi connectivity index (χ3n) is 4.29. The predicted octanol–water partition coefficient (Wildman–Crippen LogP) is 3.53. The highest BCUT2D eigenvalue weighted by Crippen LogP contribution is 2.37. The molecule has 2 bridgehead atoms. The van der Waals surface area contributed by atoms with Crippen LogP contribution in [0.15, 0.2) is 11.6 Å². The fourth-order valence-corrected chi connectivity index (χ4v) is 3.35. The summed E-state index contributed by atoms with van der Waals surface area (Å²) in [5, 5.41) is 0. The summed E-state index contributed by atoms with van der Waals surface area (Å²) in [6.07, 6.45) is 7.31. The molecule has 132 valence electrons. The Kier molecular flexibility index (Phi) is 6.48. The highest BCUT2D eigenvalue weighted by Gasteiger charge is 2.41. The average molecular weight is 325 g/mol. The molecular weight excluding hydrogens is 294 g/mol. The quantitative estimate of drug-likeness (QED) is 0.531. The second-order valence-corrected chi connectivity index (χ2v) is 7.42. The topological polar surface area (TPSA) is 48.0 Å². The lowest BCUT2D eigenvalue weighted by Gasteiger charge is -2.35. The summed E-state index contributed by atoms with van der Waals surface area (Å²) in [5.41, 5.74) is 1.03. The second kappa shape index (κ2) is 8.15. The number of carbonyl (C=O) groups is 1. The summed E-state index contributed by atoms with van der Waals surface area (Å²) in [5.74, 6) is 0. The smallest absolute Gasteiger partial charge is 0.411 e. The lowest BCUT2D eigenvalue weighted by atomic mass is 9.98. The summed E-state index contributed by atoms with van der Waals surface area (Å²) in [6.45, 7) is 7.83. The summed E-state index contributed by atoms with van der Waals surface area (Å²) in [6, 6.07) is 0.525. The molecule has 0 spiro atoms. The fourth-order valence-electron chi connectivity index (χ4n) is 3.35. The third kappa shape index (κ3) is 5.50. The number of amides is 1. The Hall–Kier alpha value is -1.07. The Morgan fingerprint density at radius 3 is 2.70 bits per heavy atom. The van der Waals surface area contributed by atoms with Crippen LogP contribution in [-0.2, 0) is 14.2 Å². The van der Waals surface area contributed by atoms with Gasteiger partial charge in [0.05, 0.1) is 19.3 Å².